The molecule has 1 aromatic carbocycles. The van der Waals surface area contributed by atoms with Crippen LogP contribution in [-0.2, 0) is 11.3 Å². The molecule has 1 heterocycles. The van der Waals surface area contributed by atoms with E-state index in [-0.39, 0.29) is 11.9 Å². The average molecular weight is 374 g/mol. The highest BCUT2D eigenvalue weighted by Crippen LogP contribution is 2.28. The predicted octanol–water partition coefficient (Wildman–Crippen LogP) is 3.22. The van der Waals surface area contributed by atoms with Gasteiger partial charge >= 0.3 is 0 Å². The molecule has 0 fully saturated rings. The normalized spacial score (nSPS) is 12.6. The van der Waals surface area contributed by atoms with Gasteiger partial charge in [-0.3, -0.25) is 4.68 Å². The lowest BCUT2D eigenvalue weighted by Gasteiger charge is -2.15. The van der Waals surface area contributed by atoms with E-state index in [0.29, 0.717) is 18.9 Å². The summed E-state index contributed by atoms with van der Waals surface area (Å²) in [5.74, 6) is 0.403. The molecule has 0 radical (unpaired) electrons. The minimum absolute atomic E-state index is 0.202. The minimum Gasteiger partial charge on any atom is -0.383 e. The van der Waals surface area contributed by atoms with Crippen LogP contribution in [0.1, 0.15) is 11.7 Å². The number of methoxy groups -OCH3 is 1. The zero-order chi connectivity index (χ0) is 15.2. The van der Waals surface area contributed by atoms with Crippen LogP contribution in [0, 0.1) is 5.82 Å². The van der Waals surface area contributed by atoms with Gasteiger partial charge in [-0.05, 0) is 34.1 Å². The second kappa shape index (κ2) is 7.93. The van der Waals surface area contributed by atoms with E-state index in [9.17, 15) is 4.39 Å². The van der Waals surface area contributed by atoms with Gasteiger partial charge in [-0.15, -0.1) is 11.8 Å². The first-order valence-corrected chi connectivity index (χ1v) is 8.23. The van der Waals surface area contributed by atoms with Crippen LogP contribution in [0.15, 0.2) is 39.8 Å². The number of thioether (sulfide) groups is 1. The van der Waals surface area contributed by atoms with E-state index in [1.165, 1.54) is 23.9 Å². The van der Waals surface area contributed by atoms with E-state index in [1.54, 1.807) is 19.4 Å². The van der Waals surface area contributed by atoms with Crippen LogP contribution < -0.4 is 5.73 Å². The van der Waals surface area contributed by atoms with Crippen molar-refractivity contribution in [2.24, 2.45) is 5.73 Å². The molecule has 0 saturated carbocycles. The fourth-order valence-electron chi connectivity index (χ4n) is 1.92. The Labute approximate surface area is 136 Å². The Morgan fingerprint density at radius 1 is 1.52 bits per heavy atom. The highest BCUT2D eigenvalue weighted by molar-refractivity contribution is 9.10. The number of aromatic nitrogens is 2. The maximum Gasteiger partial charge on any atom is 0.124 e. The second-order valence-corrected chi connectivity index (χ2v) is 6.42. The van der Waals surface area contributed by atoms with Crippen molar-refractivity contribution in [2.45, 2.75) is 17.5 Å². The fraction of sp³-hybridized carbons (Fsp3) is 0.357. The number of rotatable bonds is 7. The first-order chi connectivity index (χ1) is 10.1. The number of benzene rings is 1. The first kappa shape index (κ1) is 16.5. The average Bonchev–Trinajstić information content (AvgIpc) is 2.83. The van der Waals surface area contributed by atoms with Gasteiger partial charge in [0.15, 0.2) is 0 Å². The molecule has 7 heteroatoms. The van der Waals surface area contributed by atoms with Gasteiger partial charge in [0.25, 0.3) is 0 Å². The summed E-state index contributed by atoms with van der Waals surface area (Å²) in [7, 11) is 1.65. The molecule has 2 rings (SSSR count). The summed E-state index contributed by atoms with van der Waals surface area (Å²) in [6.45, 7) is 1.22. The van der Waals surface area contributed by atoms with Crippen molar-refractivity contribution in [3.8, 4) is 0 Å². The quantitative estimate of drug-likeness (QED) is 0.757. The Hall–Kier alpha value is -0.890. The van der Waals surface area contributed by atoms with Crippen molar-refractivity contribution in [1.29, 1.82) is 0 Å². The van der Waals surface area contributed by atoms with E-state index in [1.807, 2.05) is 10.7 Å². The maximum absolute atomic E-state index is 13.2. The molecule has 0 saturated heterocycles. The minimum atomic E-state index is -0.236. The molecule has 0 aliphatic carbocycles. The van der Waals surface area contributed by atoms with Crippen molar-refractivity contribution >= 4 is 27.7 Å². The smallest absolute Gasteiger partial charge is 0.124 e. The summed E-state index contributed by atoms with van der Waals surface area (Å²) in [6, 6.07) is 6.31. The molecular formula is C14H17BrFN3OS. The monoisotopic (exact) mass is 373 g/mol. The Balaban J connectivity index is 2.02. The lowest BCUT2D eigenvalue weighted by atomic mass is 10.2. The van der Waals surface area contributed by atoms with Crippen LogP contribution in [0.3, 0.4) is 0 Å². The molecule has 21 heavy (non-hydrogen) atoms. The maximum atomic E-state index is 13.2. The number of nitrogens with zero attached hydrogens (tertiary/aromatic N) is 2. The van der Waals surface area contributed by atoms with Gasteiger partial charge < -0.3 is 10.5 Å². The Morgan fingerprint density at radius 2 is 2.33 bits per heavy atom. The molecule has 0 aliphatic rings. The number of ether oxygens (including phenoxy) is 1. The van der Waals surface area contributed by atoms with E-state index >= 15 is 0 Å². The van der Waals surface area contributed by atoms with E-state index in [0.717, 1.165) is 15.1 Å². The van der Waals surface area contributed by atoms with Gasteiger partial charge in [0.05, 0.1) is 35.6 Å². The molecule has 1 atom stereocenters. The lowest BCUT2D eigenvalue weighted by molar-refractivity contribution is 0.182. The van der Waals surface area contributed by atoms with Crippen molar-refractivity contribution in [3.63, 3.8) is 0 Å². The molecule has 0 spiro atoms. The van der Waals surface area contributed by atoms with Gasteiger partial charge in [0.2, 0.25) is 0 Å². The largest absolute Gasteiger partial charge is 0.383 e. The molecule has 0 amide bonds. The first-order valence-electron chi connectivity index (χ1n) is 6.46. The van der Waals surface area contributed by atoms with Crippen LogP contribution in [0.4, 0.5) is 4.39 Å². The molecule has 114 valence electrons. The zero-order valence-corrected chi connectivity index (χ0v) is 14.0. The Morgan fingerprint density at radius 3 is 3.05 bits per heavy atom. The number of hydrogen-bond acceptors (Lipinski definition) is 4. The third kappa shape index (κ3) is 4.54. The highest BCUT2D eigenvalue weighted by atomic mass is 79.9. The van der Waals surface area contributed by atoms with Crippen LogP contribution >= 0.6 is 27.7 Å². The molecule has 2 aromatic rings. The van der Waals surface area contributed by atoms with Gasteiger partial charge in [0, 0.05) is 17.8 Å². The summed E-state index contributed by atoms with van der Waals surface area (Å²) in [4.78, 5) is 0.865. The molecule has 4 nitrogen and oxygen atoms in total. The third-order valence-electron chi connectivity index (χ3n) is 2.92. The highest BCUT2D eigenvalue weighted by Gasteiger charge is 2.17. The lowest BCUT2D eigenvalue weighted by Crippen LogP contribution is -2.20. The number of halogens is 2. The van der Waals surface area contributed by atoms with E-state index in [2.05, 4.69) is 21.0 Å². The fourth-order valence-corrected chi connectivity index (χ4v) is 3.41. The SMILES string of the molecule is COCCn1ncc(Br)c1C(N)CSc1cccc(F)c1. The number of nitrogens with two attached hydrogens (primary N) is 1. The topological polar surface area (TPSA) is 53.1 Å². The summed E-state index contributed by atoms with van der Waals surface area (Å²) < 4.78 is 20.9. The van der Waals surface area contributed by atoms with E-state index < -0.39 is 0 Å². The standard InChI is InChI=1S/C14H17BrFN3OS/c1-20-6-5-19-14(12(15)8-18-19)13(17)9-21-11-4-2-3-10(16)7-11/h2-4,7-8,13H,5-6,9,17H2,1H3. The van der Waals surface area contributed by atoms with Crippen molar-refractivity contribution in [3.05, 3.63) is 46.4 Å². The zero-order valence-electron chi connectivity index (χ0n) is 11.6. The molecule has 1 aromatic heterocycles. The van der Waals surface area contributed by atoms with Crippen molar-refractivity contribution in [2.75, 3.05) is 19.5 Å². The molecular weight excluding hydrogens is 357 g/mol. The second-order valence-electron chi connectivity index (χ2n) is 4.47. The van der Waals surface area contributed by atoms with Gasteiger partial charge in [0.1, 0.15) is 5.82 Å². The summed E-state index contributed by atoms with van der Waals surface area (Å²) in [5, 5.41) is 4.28. The van der Waals surface area contributed by atoms with Crippen LogP contribution in [0.2, 0.25) is 0 Å². The van der Waals surface area contributed by atoms with Crippen LogP contribution in [0.25, 0.3) is 0 Å². The summed E-state index contributed by atoms with van der Waals surface area (Å²) in [6.07, 6.45) is 1.73. The molecule has 1 unspecified atom stereocenters. The predicted molar refractivity (Wildman–Crippen MR) is 85.9 cm³/mol. The molecule has 0 aliphatic heterocycles. The van der Waals surface area contributed by atoms with Gasteiger partial charge in [-0.25, -0.2) is 4.39 Å². The molecule has 0 bridgehead atoms. The Bertz CT molecular complexity index is 593. The third-order valence-corrected chi connectivity index (χ3v) is 4.64. The Kier molecular flexibility index (Phi) is 6.22. The number of hydrogen-bond donors (Lipinski definition) is 1. The van der Waals surface area contributed by atoms with Gasteiger partial charge in [-0.1, -0.05) is 6.07 Å². The van der Waals surface area contributed by atoms with Crippen LogP contribution in [0.5, 0.6) is 0 Å². The van der Waals surface area contributed by atoms with Crippen molar-refractivity contribution < 1.29 is 9.13 Å². The van der Waals surface area contributed by atoms with Crippen LogP contribution in [-0.4, -0.2) is 29.3 Å². The van der Waals surface area contributed by atoms with E-state index in [4.69, 9.17) is 10.5 Å². The van der Waals surface area contributed by atoms with Gasteiger partial charge in [-0.2, -0.15) is 5.10 Å². The summed E-state index contributed by atoms with van der Waals surface area (Å²) >= 11 is 5.00. The molecule has 2 N–H and O–H groups in total. The summed E-state index contributed by atoms with van der Waals surface area (Å²) in [5.41, 5.74) is 7.18. The van der Waals surface area contributed by atoms with Crippen molar-refractivity contribution in [1.82, 2.24) is 9.78 Å².